The molecule has 0 fully saturated rings. The van der Waals surface area contributed by atoms with Crippen LogP contribution in [0.25, 0.3) is 0 Å². The van der Waals surface area contributed by atoms with Crippen LogP contribution in [-0.4, -0.2) is 36.9 Å². The number of halogens is 1. The fourth-order valence-electron chi connectivity index (χ4n) is 3.13. The van der Waals surface area contributed by atoms with Gasteiger partial charge in [-0.05, 0) is 41.7 Å². The lowest BCUT2D eigenvalue weighted by molar-refractivity contribution is -0.130. The second-order valence-electron chi connectivity index (χ2n) is 6.70. The fraction of sp³-hybridized carbons (Fsp3) is 0.333. The van der Waals surface area contributed by atoms with Crippen LogP contribution in [0.3, 0.4) is 0 Å². The minimum absolute atomic E-state index is 0.0360. The maximum absolute atomic E-state index is 13.6. The number of guanidine groups is 1. The van der Waals surface area contributed by atoms with E-state index < -0.39 is 0 Å². The summed E-state index contributed by atoms with van der Waals surface area (Å²) in [6, 6.07) is 13.4. The molecule has 2 N–H and O–H groups in total. The molecule has 0 saturated carbocycles. The Labute approximate surface area is 159 Å². The van der Waals surface area contributed by atoms with E-state index in [0.717, 1.165) is 18.5 Å². The first kappa shape index (κ1) is 18.9. The molecule has 0 aliphatic carbocycles. The molecular weight excluding hydrogens is 343 g/mol. The Kier molecular flexibility index (Phi) is 6.06. The molecule has 27 heavy (non-hydrogen) atoms. The Balaban J connectivity index is 1.49. The van der Waals surface area contributed by atoms with Crippen molar-refractivity contribution in [2.24, 2.45) is 4.99 Å². The summed E-state index contributed by atoms with van der Waals surface area (Å²) in [5.74, 6) is 0.327. The third-order valence-corrected chi connectivity index (χ3v) is 4.81. The van der Waals surface area contributed by atoms with Gasteiger partial charge in [0.25, 0.3) is 0 Å². The van der Waals surface area contributed by atoms with E-state index in [1.165, 1.54) is 17.2 Å². The SMILES string of the molecule is CN=C(NCC(=O)N1CCc2ccccc2C1)NCc1ccc(C)c(F)c1. The normalized spacial score (nSPS) is 13.9. The number of rotatable bonds is 4. The molecule has 6 heteroatoms. The van der Waals surface area contributed by atoms with Gasteiger partial charge in [-0.1, -0.05) is 36.4 Å². The van der Waals surface area contributed by atoms with Crippen molar-refractivity contribution in [2.45, 2.75) is 26.4 Å². The monoisotopic (exact) mass is 368 g/mol. The zero-order valence-electron chi connectivity index (χ0n) is 15.8. The molecule has 0 aromatic heterocycles. The maximum Gasteiger partial charge on any atom is 0.242 e. The average Bonchev–Trinajstić information content (AvgIpc) is 2.70. The average molecular weight is 368 g/mol. The van der Waals surface area contributed by atoms with Crippen LogP contribution in [0.5, 0.6) is 0 Å². The van der Waals surface area contributed by atoms with Gasteiger partial charge >= 0.3 is 0 Å². The molecule has 2 aromatic carbocycles. The molecule has 1 aliphatic heterocycles. The number of carbonyl (C=O) groups is 1. The van der Waals surface area contributed by atoms with Crippen LogP contribution in [0, 0.1) is 12.7 Å². The van der Waals surface area contributed by atoms with Crippen LogP contribution >= 0.6 is 0 Å². The predicted molar refractivity (Wildman–Crippen MR) is 105 cm³/mol. The number of amides is 1. The molecule has 5 nitrogen and oxygen atoms in total. The third kappa shape index (κ3) is 4.84. The molecule has 2 aromatic rings. The van der Waals surface area contributed by atoms with E-state index in [1.54, 1.807) is 20.0 Å². The fourth-order valence-corrected chi connectivity index (χ4v) is 3.13. The number of nitrogens with one attached hydrogen (secondary N) is 2. The Morgan fingerprint density at radius 3 is 2.70 bits per heavy atom. The number of aryl methyl sites for hydroxylation is 1. The number of benzene rings is 2. The molecule has 3 rings (SSSR count). The van der Waals surface area contributed by atoms with Gasteiger partial charge in [0.1, 0.15) is 5.82 Å². The standard InChI is InChI=1S/C21H25FN4O/c1-15-7-8-16(11-19(15)22)12-24-21(23-2)25-13-20(27)26-10-9-17-5-3-4-6-18(17)14-26/h3-8,11H,9-10,12-14H2,1-2H3,(H2,23,24,25). The van der Waals surface area contributed by atoms with Crippen LogP contribution in [0.4, 0.5) is 4.39 Å². The van der Waals surface area contributed by atoms with Crippen LogP contribution < -0.4 is 10.6 Å². The van der Waals surface area contributed by atoms with Crippen LogP contribution in [0.15, 0.2) is 47.5 Å². The van der Waals surface area contributed by atoms with Gasteiger partial charge in [0.15, 0.2) is 5.96 Å². The molecule has 1 amide bonds. The highest BCUT2D eigenvalue weighted by Gasteiger charge is 2.20. The Hall–Kier alpha value is -2.89. The summed E-state index contributed by atoms with van der Waals surface area (Å²) >= 11 is 0. The number of hydrogen-bond donors (Lipinski definition) is 2. The second kappa shape index (κ2) is 8.66. The Morgan fingerprint density at radius 1 is 1.19 bits per heavy atom. The Bertz CT molecular complexity index is 850. The smallest absolute Gasteiger partial charge is 0.242 e. The number of nitrogens with zero attached hydrogens (tertiary/aromatic N) is 2. The van der Waals surface area contributed by atoms with Gasteiger partial charge in [0.05, 0.1) is 6.54 Å². The molecule has 0 unspecified atom stereocenters. The summed E-state index contributed by atoms with van der Waals surface area (Å²) in [6.45, 7) is 3.71. The lowest BCUT2D eigenvalue weighted by atomic mass is 10.00. The van der Waals surface area contributed by atoms with Gasteiger partial charge in [-0.15, -0.1) is 0 Å². The summed E-state index contributed by atoms with van der Waals surface area (Å²) in [6.07, 6.45) is 0.883. The maximum atomic E-state index is 13.6. The largest absolute Gasteiger partial charge is 0.352 e. The Morgan fingerprint density at radius 2 is 1.96 bits per heavy atom. The van der Waals surface area contributed by atoms with Gasteiger partial charge in [0.2, 0.25) is 5.91 Å². The minimum atomic E-state index is -0.224. The van der Waals surface area contributed by atoms with Crippen molar-refractivity contribution >= 4 is 11.9 Å². The van der Waals surface area contributed by atoms with Gasteiger partial charge in [-0.3, -0.25) is 9.79 Å². The molecule has 1 heterocycles. The van der Waals surface area contributed by atoms with E-state index in [1.807, 2.05) is 23.1 Å². The first-order valence-corrected chi connectivity index (χ1v) is 9.11. The lowest BCUT2D eigenvalue weighted by Gasteiger charge is -2.29. The first-order valence-electron chi connectivity index (χ1n) is 9.11. The highest BCUT2D eigenvalue weighted by molar-refractivity contribution is 5.86. The zero-order chi connectivity index (χ0) is 19.2. The van der Waals surface area contributed by atoms with E-state index in [4.69, 9.17) is 0 Å². The minimum Gasteiger partial charge on any atom is -0.352 e. The van der Waals surface area contributed by atoms with Crippen molar-refractivity contribution in [2.75, 3.05) is 20.1 Å². The predicted octanol–water partition coefficient (Wildman–Crippen LogP) is 2.38. The summed E-state index contributed by atoms with van der Waals surface area (Å²) < 4.78 is 13.6. The van der Waals surface area contributed by atoms with E-state index in [9.17, 15) is 9.18 Å². The van der Waals surface area contributed by atoms with Crippen LogP contribution in [0.2, 0.25) is 0 Å². The van der Waals surface area contributed by atoms with Gasteiger partial charge < -0.3 is 15.5 Å². The molecule has 1 aliphatic rings. The highest BCUT2D eigenvalue weighted by atomic mass is 19.1. The highest BCUT2D eigenvalue weighted by Crippen LogP contribution is 2.18. The summed E-state index contributed by atoms with van der Waals surface area (Å²) in [5, 5.41) is 6.15. The van der Waals surface area contributed by atoms with Crippen molar-refractivity contribution < 1.29 is 9.18 Å². The van der Waals surface area contributed by atoms with E-state index in [0.29, 0.717) is 24.6 Å². The van der Waals surface area contributed by atoms with Crippen molar-refractivity contribution in [1.29, 1.82) is 0 Å². The molecule has 0 spiro atoms. The quantitative estimate of drug-likeness (QED) is 0.644. The molecule has 0 radical (unpaired) electrons. The zero-order valence-corrected chi connectivity index (χ0v) is 15.8. The summed E-state index contributed by atoms with van der Waals surface area (Å²) in [7, 11) is 1.65. The first-order chi connectivity index (χ1) is 13.1. The molecule has 0 saturated heterocycles. The number of carbonyl (C=O) groups excluding carboxylic acids is 1. The number of aliphatic imine (C=N–C) groups is 1. The van der Waals surface area contributed by atoms with Crippen molar-refractivity contribution in [3.8, 4) is 0 Å². The van der Waals surface area contributed by atoms with Crippen LogP contribution in [-0.2, 0) is 24.3 Å². The van der Waals surface area contributed by atoms with Crippen molar-refractivity contribution in [1.82, 2.24) is 15.5 Å². The summed E-state index contributed by atoms with van der Waals surface area (Å²) in [5.41, 5.74) is 3.97. The third-order valence-electron chi connectivity index (χ3n) is 4.81. The van der Waals surface area contributed by atoms with Crippen LogP contribution in [0.1, 0.15) is 22.3 Å². The van der Waals surface area contributed by atoms with E-state index in [-0.39, 0.29) is 18.3 Å². The van der Waals surface area contributed by atoms with E-state index >= 15 is 0 Å². The topological polar surface area (TPSA) is 56.7 Å². The molecule has 0 atom stereocenters. The number of fused-ring (bicyclic) bond motifs is 1. The van der Waals surface area contributed by atoms with Gasteiger partial charge in [0, 0.05) is 26.7 Å². The van der Waals surface area contributed by atoms with Gasteiger partial charge in [-0.25, -0.2) is 4.39 Å². The van der Waals surface area contributed by atoms with Crippen molar-refractivity contribution in [3.63, 3.8) is 0 Å². The molecule has 0 bridgehead atoms. The molecular formula is C21H25FN4O. The lowest BCUT2D eigenvalue weighted by Crippen LogP contribution is -2.45. The van der Waals surface area contributed by atoms with E-state index in [2.05, 4.69) is 27.8 Å². The number of hydrogen-bond acceptors (Lipinski definition) is 2. The molecule has 142 valence electrons. The van der Waals surface area contributed by atoms with Gasteiger partial charge in [-0.2, -0.15) is 0 Å². The van der Waals surface area contributed by atoms with Crippen molar-refractivity contribution in [3.05, 3.63) is 70.5 Å². The summed E-state index contributed by atoms with van der Waals surface area (Å²) in [4.78, 5) is 18.5. The second-order valence-corrected chi connectivity index (χ2v) is 6.70.